The highest BCUT2D eigenvalue weighted by Gasteiger charge is 2.46. The molecule has 0 saturated carbocycles. The molecular formula is C13H15F2NO2. The normalized spacial score (nSPS) is 17.8. The Balaban J connectivity index is 2.13. The fraction of sp³-hybridized carbons (Fsp3) is 0.462. The third-order valence-corrected chi connectivity index (χ3v) is 3.47. The smallest absolute Gasteiger partial charge is 0.257 e. The molecule has 0 aromatic heterocycles. The highest BCUT2D eigenvalue weighted by molar-refractivity contribution is 5.95. The van der Waals surface area contributed by atoms with Crippen LogP contribution in [0.15, 0.2) is 18.2 Å². The van der Waals surface area contributed by atoms with Gasteiger partial charge in [0, 0.05) is 0 Å². The molecule has 0 aliphatic carbocycles. The van der Waals surface area contributed by atoms with Gasteiger partial charge in [-0.2, -0.15) is 0 Å². The van der Waals surface area contributed by atoms with Crippen molar-refractivity contribution in [3.05, 3.63) is 35.4 Å². The van der Waals surface area contributed by atoms with Crippen LogP contribution in [0.3, 0.4) is 0 Å². The van der Waals surface area contributed by atoms with Crippen LogP contribution < -0.4 is 0 Å². The first-order chi connectivity index (χ1) is 8.35. The molecular weight excluding hydrogens is 240 g/mol. The van der Waals surface area contributed by atoms with Crippen molar-refractivity contribution in [2.24, 2.45) is 5.92 Å². The SMILES string of the molecule is CC(C)C1(O)CN(C(=O)c2cccc(F)c2F)C1. The van der Waals surface area contributed by atoms with Gasteiger partial charge in [0.2, 0.25) is 0 Å². The molecule has 0 radical (unpaired) electrons. The number of hydrogen-bond acceptors (Lipinski definition) is 2. The number of aliphatic hydroxyl groups is 1. The van der Waals surface area contributed by atoms with E-state index in [0.717, 1.165) is 6.07 Å². The molecule has 1 aliphatic rings. The monoisotopic (exact) mass is 255 g/mol. The minimum absolute atomic E-state index is 0.0129. The van der Waals surface area contributed by atoms with E-state index in [1.165, 1.54) is 17.0 Å². The summed E-state index contributed by atoms with van der Waals surface area (Å²) in [6, 6.07) is 3.50. The lowest BCUT2D eigenvalue weighted by molar-refractivity contribution is -0.111. The first kappa shape index (κ1) is 13.0. The zero-order chi connectivity index (χ0) is 13.5. The third kappa shape index (κ3) is 1.99. The molecule has 1 aromatic carbocycles. The van der Waals surface area contributed by atoms with Crippen LogP contribution in [0.2, 0.25) is 0 Å². The zero-order valence-corrected chi connectivity index (χ0v) is 10.3. The summed E-state index contributed by atoms with van der Waals surface area (Å²) in [5.74, 6) is -2.75. The molecule has 18 heavy (non-hydrogen) atoms. The second-order valence-corrected chi connectivity index (χ2v) is 5.02. The van der Waals surface area contributed by atoms with Crippen LogP contribution in [0.4, 0.5) is 8.78 Å². The van der Waals surface area contributed by atoms with Crippen molar-refractivity contribution in [3.63, 3.8) is 0 Å². The van der Waals surface area contributed by atoms with Crippen LogP contribution in [-0.2, 0) is 0 Å². The highest BCUT2D eigenvalue weighted by atomic mass is 19.2. The van der Waals surface area contributed by atoms with Crippen LogP contribution in [-0.4, -0.2) is 34.6 Å². The van der Waals surface area contributed by atoms with Crippen molar-refractivity contribution in [2.75, 3.05) is 13.1 Å². The molecule has 98 valence electrons. The Morgan fingerprint density at radius 1 is 1.39 bits per heavy atom. The number of carbonyl (C=O) groups excluding carboxylic acids is 1. The van der Waals surface area contributed by atoms with E-state index in [2.05, 4.69) is 0 Å². The van der Waals surface area contributed by atoms with Crippen LogP contribution >= 0.6 is 0 Å². The van der Waals surface area contributed by atoms with Gasteiger partial charge in [0.05, 0.1) is 18.7 Å². The molecule has 1 aliphatic heterocycles. The van der Waals surface area contributed by atoms with Crippen molar-refractivity contribution >= 4 is 5.91 Å². The number of rotatable bonds is 2. The van der Waals surface area contributed by atoms with E-state index in [0.29, 0.717) is 0 Å². The lowest BCUT2D eigenvalue weighted by atomic mass is 9.82. The Bertz CT molecular complexity index is 482. The van der Waals surface area contributed by atoms with E-state index >= 15 is 0 Å². The minimum Gasteiger partial charge on any atom is -0.386 e. The molecule has 0 spiro atoms. The van der Waals surface area contributed by atoms with E-state index in [9.17, 15) is 18.7 Å². The summed E-state index contributed by atoms with van der Waals surface area (Å²) < 4.78 is 26.4. The Morgan fingerprint density at radius 3 is 2.56 bits per heavy atom. The number of likely N-dealkylation sites (tertiary alicyclic amines) is 1. The first-order valence-electron chi connectivity index (χ1n) is 5.81. The van der Waals surface area contributed by atoms with Crippen LogP contribution in [0.5, 0.6) is 0 Å². The lowest BCUT2D eigenvalue weighted by Crippen LogP contribution is -2.66. The summed E-state index contributed by atoms with van der Waals surface area (Å²) in [6.07, 6.45) is 0. The van der Waals surface area contributed by atoms with Crippen molar-refractivity contribution in [3.8, 4) is 0 Å². The highest BCUT2D eigenvalue weighted by Crippen LogP contribution is 2.30. The van der Waals surface area contributed by atoms with Gasteiger partial charge in [-0.15, -0.1) is 0 Å². The molecule has 1 saturated heterocycles. The maximum atomic E-state index is 13.4. The molecule has 1 fully saturated rings. The van der Waals surface area contributed by atoms with Gasteiger partial charge < -0.3 is 10.0 Å². The molecule has 0 atom stereocenters. The van der Waals surface area contributed by atoms with Gasteiger partial charge in [0.1, 0.15) is 5.60 Å². The second kappa shape index (κ2) is 4.31. The largest absolute Gasteiger partial charge is 0.386 e. The van der Waals surface area contributed by atoms with Crippen LogP contribution in [0.25, 0.3) is 0 Å². The number of halogens is 2. The van der Waals surface area contributed by atoms with E-state index in [1.54, 1.807) is 0 Å². The van der Waals surface area contributed by atoms with Gasteiger partial charge in [-0.3, -0.25) is 4.79 Å². The zero-order valence-electron chi connectivity index (χ0n) is 10.3. The third-order valence-electron chi connectivity index (χ3n) is 3.47. The Labute approximate surface area is 104 Å². The maximum Gasteiger partial charge on any atom is 0.257 e. The molecule has 3 nitrogen and oxygen atoms in total. The van der Waals surface area contributed by atoms with Crippen molar-refractivity contribution in [1.82, 2.24) is 4.90 Å². The topological polar surface area (TPSA) is 40.5 Å². The fourth-order valence-electron chi connectivity index (χ4n) is 1.96. The molecule has 2 rings (SSSR count). The number of β-amino-alcohol motifs (C(OH)–C–C–N with tert-alkyl or cyclic N) is 1. The van der Waals surface area contributed by atoms with Crippen molar-refractivity contribution in [1.29, 1.82) is 0 Å². The molecule has 1 aromatic rings. The summed E-state index contributed by atoms with van der Waals surface area (Å²) in [5, 5.41) is 10.0. The van der Waals surface area contributed by atoms with Crippen molar-refractivity contribution < 1.29 is 18.7 Å². The number of carbonyl (C=O) groups is 1. The summed E-state index contributed by atoms with van der Waals surface area (Å²) in [4.78, 5) is 13.2. The summed E-state index contributed by atoms with van der Waals surface area (Å²) in [5.41, 5.74) is -1.21. The van der Waals surface area contributed by atoms with E-state index < -0.39 is 23.1 Å². The Hall–Kier alpha value is -1.49. The Morgan fingerprint density at radius 2 is 2.00 bits per heavy atom. The fourth-order valence-corrected chi connectivity index (χ4v) is 1.96. The summed E-state index contributed by atoms with van der Waals surface area (Å²) in [6.45, 7) is 4.01. The second-order valence-electron chi connectivity index (χ2n) is 5.02. The van der Waals surface area contributed by atoms with Gasteiger partial charge in [0.25, 0.3) is 5.91 Å². The average Bonchev–Trinajstić information content (AvgIpc) is 2.27. The van der Waals surface area contributed by atoms with E-state index in [4.69, 9.17) is 0 Å². The molecule has 1 heterocycles. The number of nitrogens with zero attached hydrogens (tertiary/aromatic N) is 1. The van der Waals surface area contributed by atoms with Crippen LogP contribution in [0.1, 0.15) is 24.2 Å². The van der Waals surface area contributed by atoms with Gasteiger partial charge >= 0.3 is 0 Å². The van der Waals surface area contributed by atoms with Gasteiger partial charge in [-0.05, 0) is 18.1 Å². The standard InChI is InChI=1S/C13H15F2NO2/c1-8(2)13(18)6-16(7-13)12(17)9-4-3-5-10(14)11(9)15/h3-5,8,18H,6-7H2,1-2H3. The Kier molecular flexibility index (Phi) is 3.11. The first-order valence-corrected chi connectivity index (χ1v) is 5.81. The minimum atomic E-state index is -1.14. The van der Waals surface area contributed by atoms with E-state index in [-0.39, 0.29) is 24.6 Å². The van der Waals surface area contributed by atoms with Crippen LogP contribution in [0, 0.1) is 17.6 Å². The van der Waals surface area contributed by atoms with Gasteiger partial charge in [-0.1, -0.05) is 19.9 Å². The van der Waals surface area contributed by atoms with E-state index in [1.807, 2.05) is 13.8 Å². The maximum absolute atomic E-state index is 13.4. The molecule has 0 bridgehead atoms. The summed E-state index contributed by atoms with van der Waals surface area (Å²) in [7, 11) is 0. The molecule has 1 amide bonds. The molecule has 5 heteroatoms. The van der Waals surface area contributed by atoms with Gasteiger partial charge in [0.15, 0.2) is 11.6 Å². The molecule has 1 N–H and O–H groups in total. The number of amides is 1. The van der Waals surface area contributed by atoms with Gasteiger partial charge in [-0.25, -0.2) is 8.78 Å². The average molecular weight is 255 g/mol. The summed E-state index contributed by atoms with van der Waals surface area (Å²) >= 11 is 0. The lowest BCUT2D eigenvalue weighted by Gasteiger charge is -2.49. The predicted molar refractivity (Wildman–Crippen MR) is 62.0 cm³/mol. The molecule has 0 unspecified atom stereocenters. The number of benzene rings is 1. The predicted octanol–water partition coefficient (Wildman–Crippen LogP) is 1.81. The quantitative estimate of drug-likeness (QED) is 0.875. The number of hydrogen-bond donors (Lipinski definition) is 1. The van der Waals surface area contributed by atoms with Crippen molar-refractivity contribution in [2.45, 2.75) is 19.4 Å².